The number of carbonyl (C=O) groups is 2. The number of H-pyrrole nitrogens is 1. The maximum atomic E-state index is 12.2. The maximum absolute atomic E-state index is 12.2. The number of ether oxygens (including phenoxy) is 1. The minimum atomic E-state index is -0.535. The van der Waals surface area contributed by atoms with Gasteiger partial charge in [-0.05, 0) is 12.1 Å². The molecule has 0 aliphatic heterocycles. The highest BCUT2D eigenvalue weighted by Gasteiger charge is 2.12. The summed E-state index contributed by atoms with van der Waals surface area (Å²) in [6.45, 7) is 0. The number of benzene rings is 1. The van der Waals surface area contributed by atoms with E-state index in [1.165, 1.54) is 11.3 Å². The molecule has 3 rings (SSSR count). The number of anilines is 1. The van der Waals surface area contributed by atoms with Crippen LogP contribution in [0.1, 0.15) is 16.1 Å². The van der Waals surface area contributed by atoms with Crippen molar-refractivity contribution < 1.29 is 14.3 Å². The number of rotatable bonds is 6. The lowest BCUT2D eigenvalue weighted by Crippen LogP contribution is -2.14. The van der Waals surface area contributed by atoms with E-state index in [-0.39, 0.29) is 12.3 Å². The Balaban J connectivity index is 1.68. The molecule has 25 heavy (non-hydrogen) atoms. The number of nitrogens with zero attached hydrogens (tertiary/aromatic N) is 1. The number of nitrogens with two attached hydrogens (primary N) is 1. The summed E-state index contributed by atoms with van der Waals surface area (Å²) in [5.74, 6) is -0.0483. The van der Waals surface area contributed by atoms with Crippen molar-refractivity contribution >= 4 is 28.3 Å². The van der Waals surface area contributed by atoms with Crippen LogP contribution in [-0.2, 0) is 11.2 Å². The third kappa shape index (κ3) is 3.86. The number of nitrogens with one attached hydrogen (secondary N) is 2. The van der Waals surface area contributed by atoms with Gasteiger partial charge in [-0.1, -0.05) is 18.2 Å². The molecule has 0 fully saturated rings. The number of primary amides is 1. The van der Waals surface area contributed by atoms with Gasteiger partial charge in [0.25, 0.3) is 5.91 Å². The van der Waals surface area contributed by atoms with Crippen LogP contribution in [0.25, 0.3) is 11.3 Å². The highest BCUT2D eigenvalue weighted by molar-refractivity contribution is 7.14. The largest absolute Gasteiger partial charge is 0.496 e. The van der Waals surface area contributed by atoms with Crippen LogP contribution >= 0.6 is 11.3 Å². The third-order valence-corrected chi connectivity index (χ3v) is 4.30. The molecule has 1 aromatic carbocycles. The van der Waals surface area contributed by atoms with Crippen LogP contribution in [0.5, 0.6) is 5.75 Å². The number of amides is 2. The first-order valence-electron chi connectivity index (χ1n) is 7.42. The quantitative estimate of drug-likeness (QED) is 0.630. The minimum Gasteiger partial charge on any atom is -0.496 e. The number of methoxy groups -OCH3 is 1. The Hall–Kier alpha value is -3.13. The Bertz CT molecular complexity index is 916. The van der Waals surface area contributed by atoms with Crippen molar-refractivity contribution in [3.8, 4) is 17.0 Å². The smallest absolute Gasteiger partial charge is 0.265 e. The highest BCUT2D eigenvalue weighted by atomic mass is 32.1. The molecular formula is C17H16N4O3S. The van der Waals surface area contributed by atoms with Gasteiger partial charge < -0.3 is 20.8 Å². The summed E-state index contributed by atoms with van der Waals surface area (Å²) < 4.78 is 5.25. The van der Waals surface area contributed by atoms with E-state index in [2.05, 4.69) is 15.3 Å². The highest BCUT2D eigenvalue weighted by Crippen LogP contribution is 2.26. The molecule has 4 N–H and O–H groups in total. The molecule has 0 saturated carbocycles. The first kappa shape index (κ1) is 16.7. The summed E-state index contributed by atoms with van der Waals surface area (Å²) in [5, 5.41) is 5.05. The lowest BCUT2D eigenvalue weighted by Gasteiger charge is -2.07. The molecule has 0 radical (unpaired) electrons. The van der Waals surface area contributed by atoms with E-state index in [1.54, 1.807) is 24.8 Å². The summed E-state index contributed by atoms with van der Waals surface area (Å²) in [4.78, 5) is 30.5. The van der Waals surface area contributed by atoms with E-state index < -0.39 is 5.91 Å². The molecule has 7 nitrogen and oxygen atoms in total. The Kier molecular flexibility index (Phi) is 4.80. The zero-order valence-corrected chi connectivity index (χ0v) is 14.2. The second-order valence-corrected chi connectivity index (χ2v) is 6.10. The van der Waals surface area contributed by atoms with Crippen molar-refractivity contribution in [3.63, 3.8) is 0 Å². The topological polar surface area (TPSA) is 110 Å². The average molecular weight is 356 g/mol. The first-order valence-corrected chi connectivity index (χ1v) is 8.30. The van der Waals surface area contributed by atoms with Gasteiger partial charge in [-0.2, -0.15) is 0 Å². The van der Waals surface area contributed by atoms with Crippen molar-refractivity contribution in [1.82, 2.24) is 9.97 Å². The van der Waals surface area contributed by atoms with Crippen molar-refractivity contribution in [1.29, 1.82) is 0 Å². The van der Waals surface area contributed by atoms with Gasteiger partial charge in [-0.15, -0.1) is 11.3 Å². The number of aromatic nitrogens is 2. The van der Waals surface area contributed by atoms with Crippen molar-refractivity contribution in [3.05, 3.63) is 53.2 Å². The fourth-order valence-corrected chi connectivity index (χ4v) is 3.07. The summed E-state index contributed by atoms with van der Waals surface area (Å²) in [6.07, 6.45) is 1.84. The number of para-hydroxylation sites is 1. The van der Waals surface area contributed by atoms with E-state index in [0.717, 1.165) is 11.1 Å². The van der Waals surface area contributed by atoms with Gasteiger partial charge in [-0.25, -0.2) is 4.98 Å². The number of hydrogen-bond acceptors (Lipinski definition) is 5. The molecule has 2 amide bonds. The van der Waals surface area contributed by atoms with Gasteiger partial charge in [0.1, 0.15) is 11.4 Å². The Labute approximate surface area is 147 Å². The van der Waals surface area contributed by atoms with Crippen LogP contribution < -0.4 is 15.8 Å². The number of aromatic amines is 1. The van der Waals surface area contributed by atoms with E-state index in [4.69, 9.17) is 10.5 Å². The van der Waals surface area contributed by atoms with E-state index >= 15 is 0 Å². The molecular weight excluding hydrogens is 340 g/mol. The molecule has 0 atom stereocenters. The lowest BCUT2D eigenvalue weighted by molar-refractivity contribution is -0.115. The minimum absolute atomic E-state index is 0.183. The average Bonchev–Trinajstić information content (AvgIpc) is 3.24. The second-order valence-electron chi connectivity index (χ2n) is 5.24. The van der Waals surface area contributed by atoms with Crippen LogP contribution in [-0.4, -0.2) is 28.9 Å². The summed E-state index contributed by atoms with van der Waals surface area (Å²) in [7, 11) is 1.57. The first-order chi connectivity index (χ1) is 12.1. The molecule has 0 bridgehead atoms. The van der Waals surface area contributed by atoms with E-state index in [9.17, 15) is 9.59 Å². The maximum Gasteiger partial charge on any atom is 0.265 e. The summed E-state index contributed by atoms with van der Waals surface area (Å²) in [6, 6.07) is 8.99. The number of carbonyl (C=O) groups excluding carboxylic acids is 2. The molecule has 0 spiro atoms. The van der Waals surface area contributed by atoms with E-state index in [0.29, 0.717) is 22.3 Å². The van der Waals surface area contributed by atoms with Crippen LogP contribution in [0.3, 0.4) is 0 Å². The molecule has 8 heteroatoms. The van der Waals surface area contributed by atoms with Gasteiger partial charge in [0.05, 0.1) is 19.2 Å². The second kappa shape index (κ2) is 7.18. The zero-order valence-electron chi connectivity index (χ0n) is 13.4. The Morgan fingerprint density at radius 3 is 2.88 bits per heavy atom. The molecule has 2 aromatic heterocycles. The van der Waals surface area contributed by atoms with Gasteiger partial charge in [0, 0.05) is 22.7 Å². The van der Waals surface area contributed by atoms with Crippen LogP contribution in [0.15, 0.2) is 41.9 Å². The Morgan fingerprint density at radius 2 is 2.16 bits per heavy atom. The van der Waals surface area contributed by atoms with Gasteiger partial charge in [0.2, 0.25) is 5.91 Å². The number of thiazole rings is 1. The third-order valence-electron chi connectivity index (χ3n) is 3.54. The van der Waals surface area contributed by atoms with Crippen molar-refractivity contribution in [2.24, 2.45) is 5.73 Å². The van der Waals surface area contributed by atoms with E-state index in [1.807, 2.05) is 24.3 Å². The van der Waals surface area contributed by atoms with Gasteiger partial charge >= 0.3 is 0 Å². The lowest BCUT2D eigenvalue weighted by atomic mass is 10.1. The van der Waals surface area contributed by atoms with Crippen LogP contribution in [0, 0.1) is 0 Å². The van der Waals surface area contributed by atoms with Gasteiger partial charge in [-0.3, -0.25) is 9.59 Å². The fraction of sp³-hybridized carbons (Fsp3) is 0.118. The number of hydrogen-bond donors (Lipinski definition) is 3. The predicted molar refractivity (Wildman–Crippen MR) is 95.7 cm³/mol. The molecule has 0 saturated heterocycles. The molecule has 2 heterocycles. The van der Waals surface area contributed by atoms with Gasteiger partial charge in [0.15, 0.2) is 5.13 Å². The molecule has 0 aliphatic rings. The molecule has 0 aliphatic carbocycles. The normalized spacial score (nSPS) is 10.4. The molecule has 0 unspecified atom stereocenters. The van der Waals surface area contributed by atoms with Crippen molar-refractivity contribution in [2.45, 2.75) is 6.42 Å². The summed E-state index contributed by atoms with van der Waals surface area (Å²) >= 11 is 1.31. The van der Waals surface area contributed by atoms with Crippen molar-refractivity contribution in [2.75, 3.05) is 12.4 Å². The zero-order chi connectivity index (χ0) is 17.8. The predicted octanol–water partition coefficient (Wildman–Crippen LogP) is 2.43. The molecule has 3 aromatic rings. The fourth-order valence-electron chi connectivity index (χ4n) is 2.33. The standard InChI is InChI=1S/C17H16N4O3S/c1-24-14-5-3-2-4-10(14)7-15(22)21-17-20-13(9-25-17)11-6-12(16(18)23)19-8-11/h2-6,8-9,19H,7H2,1H3,(H2,18,23)(H,20,21,22). The summed E-state index contributed by atoms with van der Waals surface area (Å²) in [5.41, 5.74) is 7.72. The van der Waals surface area contributed by atoms with Crippen LogP contribution in [0.4, 0.5) is 5.13 Å². The SMILES string of the molecule is COc1ccccc1CC(=O)Nc1nc(-c2c[nH]c(C(N)=O)c2)cs1. The monoisotopic (exact) mass is 356 g/mol. The Morgan fingerprint density at radius 1 is 1.36 bits per heavy atom. The van der Waals surface area contributed by atoms with Crippen LogP contribution in [0.2, 0.25) is 0 Å². The molecule has 128 valence electrons.